The summed E-state index contributed by atoms with van der Waals surface area (Å²) in [5, 5.41) is 13.1. The Balaban J connectivity index is 3.30. The van der Waals surface area contributed by atoms with Gasteiger partial charge in [0, 0.05) is 19.1 Å². The number of hydrogen-bond acceptors (Lipinski definition) is 4. The summed E-state index contributed by atoms with van der Waals surface area (Å²) < 4.78 is 5.07. The molecule has 1 N–H and O–H groups in total. The molecule has 1 aromatic rings. The Kier molecular flexibility index (Phi) is 3.44. The van der Waals surface area contributed by atoms with Crippen molar-refractivity contribution in [3.8, 4) is 5.75 Å². The van der Waals surface area contributed by atoms with E-state index < -0.39 is 4.92 Å². The quantitative estimate of drug-likeness (QED) is 0.627. The minimum atomic E-state index is -0.516. The maximum atomic E-state index is 10.9. The van der Waals surface area contributed by atoms with Gasteiger partial charge in [-0.3, -0.25) is 14.9 Å². The Labute approximate surface area is 92.4 Å². The van der Waals surface area contributed by atoms with Crippen LogP contribution in [0.1, 0.15) is 12.5 Å². The zero-order chi connectivity index (χ0) is 12.3. The van der Waals surface area contributed by atoms with Gasteiger partial charge in [-0.1, -0.05) is 0 Å². The van der Waals surface area contributed by atoms with Gasteiger partial charge in [0.1, 0.15) is 5.75 Å². The van der Waals surface area contributed by atoms with Gasteiger partial charge in [0.05, 0.1) is 17.7 Å². The molecule has 0 aliphatic heterocycles. The van der Waals surface area contributed by atoms with Crippen LogP contribution in [-0.4, -0.2) is 17.9 Å². The number of aryl methyl sites for hydroxylation is 1. The lowest BCUT2D eigenvalue weighted by atomic mass is 10.1. The minimum absolute atomic E-state index is 0.0814. The molecule has 86 valence electrons. The number of nitro groups is 1. The summed E-state index contributed by atoms with van der Waals surface area (Å²) in [5.74, 6) is 0.124. The molecule has 0 radical (unpaired) electrons. The Morgan fingerprint density at radius 1 is 1.50 bits per heavy atom. The molecule has 0 saturated carbocycles. The molecule has 0 fully saturated rings. The second-order valence-corrected chi connectivity index (χ2v) is 3.28. The highest BCUT2D eigenvalue weighted by molar-refractivity contribution is 5.91. The zero-order valence-corrected chi connectivity index (χ0v) is 9.23. The number of nitrogens with zero attached hydrogens (tertiary/aromatic N) is 1. The molecule has 0 aromatic heterocycles. The molecule has 0 bridgehead atoms. The summed E-state index contributed by atoms with van der Waals surface area (Å²) in [4.78, 5) is 21.1. The van der Waals surface area contributed by atoms with Gasteiger partial charge in [-0.2, -0.15) is 0 Å². The number of hydrogen-bond donors (Lipinski definition) is 1. The normalized spacial score (nSPS) is 9.69. The van der Waals surface area contributed by atoms with Crippen LogP contribution in [0, 0.1) is 17.0 Å². The fourth-order valence-corrected chi connectivity index (χ4v) is 1.41. The summed E-state index contributed by atoms with van der Waals surface area (Å²) in [6.45, 7) is 3.00. The van der Waals surface area contributed by atoms with E-state index in [2.05, 4.69) is 5.32 Å². The van der Waals surface area contributed by atoms with Crippen LogP contribution in [0.2, 0.25) is 0 Å². The molecule has 6 nitrogen and oxygen atoms in total. The Morgan fingerprint density at radius 3 is 2.56 bits per heavy atom. The second-order valence-electron chi connectivity index (χ2n) is 3.28. The van der Waals surface area contributed by atoms with Gasteiger partial charge in [-0.25, -0.2) is 0 Å². The van der Waals surface area contributed by atoms with Crippen LogP contribution >= 0.6 is 0 Å². The highest BCUT2D eigenvalue weighted by Gasteiger charge is 2.15. The Bertz CT molecular complexity index is 443. The van der Waals surface area contributed by atoms with Gasteiger partial charge in [-0.15, -0.1) is 0 Å². The van der Waals surface area contributed by atoms with Gasteiger partial charge >= 0.3 is 0 Å². The molecule has 0 atom stereocenters. The standard InChI is InChI=1S/C10H12N2O4/c1-6-4-8(12(14)15)5-9(10(6)16-3)11-7(2)13/h4-5H,1-3H3,(H,11,13). The number of rotatable bonds is 3. The van der Waals surface area contributed by atoms with E-state index in [1.807, 2.05) is 0 Å². The zero-order valence-electron chi connectivity index (χ0n) is 9.23. The second kappa shape index (κ2) is 4.61. The van der Waals surface area contributed by atoms with E-state index in [0.717, 1.165) is 0 Å². The number of ether oxygens (including phenoxy) is 1. The molecule has 6 heteroatoms. The summed E-state index contributed by atoms with van der Waals surface area (Å²) in [6.07, 6.45) is 0. The topological polar surface area (TPSA) is 81.5 Å². The number of benzene rings is 1. The van der Waals surface area contributed by atoms with Crippen molar-refractivity contribution in [1.82, 2.24) is 0 Å². The lowest BCUT2D eigenvalue weighted by Gasteiger charge is -2.11. The molecule has 0 spiro atoms. The number of nitrogens with one attached hydrogen (secondary N) is 1. The third-order valence-corrected chi connectivity index (χ3v) is 1.99. The van der Waals surface area contributed by atoms with Gasteiger partial charge in [-0.05, 0) is 12.5 Å². The highest BCUT2D eigenvalue weighted by Crippen LogP contribution is 2.32. The molecule has 0 aliphatic carbocycles. The Hall–Kier alpha value is -2.11. The van der Waals surface area contributed by atoms with Crippen LogP contribution in [0.5, 0.6) is 5.75 Å². The van der Waals surface area contributed by atoms with Crippen LogP contribution in [0.25, 0.3) is 0 Å². The number of amides is 1. The number of carbonyl (C=O) groups excluding carboxylic acids is 1. The molecule has 0 unspecified atom stereocenters. The van der Waals surface area contributed by atoms with Crippen molar-refractivity contribution in [3.05, 3.63) is 27.8 Å². The molecule has 1 amide bonds. The van der Waals surface area contributed by atoms with Crippen molar-refractivity contribution in [2.45, 2.75) is 13.8 Å². The molecular formula is C10H12N2O4. The van der Waals surface area contributed by atoms with Crippen molar-refractivity contribution in [3.63, 3.8) is 0 Å². The van der Waals surface area contributed by atoms with Crippen LogP contribution < -0.4 is 10.1 Å². The van der Waals surface area contributed by atoms with Crippen molar-refractivity contribution in [2.75, 3.05) is 12.4 Å². The number of non-ortho nitro benzene ring substituents is 1. The smallest absolute Gasteiger partial charge is 0.272 e. The average molecular weight is 224 g/mol. The van der Waals surface area contributed by atoms with Crippen molar-refractivity contribution < 1.29 is 14.5 Å². The SMILES string of the molecule is COc1c(C)cc([N+](=O)[O-])cc1NC(C)=O. The van der Waals surface area contributed by atoms with Crippen molar-refractivity contribution >= 4 is 17.3 Å². The lowest BCUT2D eigenvalue weighted by Crippen LogP contribution is -2.08. The number of methoxy groups -OCH3 is 1. The first kappa shape index (κ1) is 12.0. The number of nitro benzene ring substituents is 1. The molecule has 0 aliphatic rings. The third kappa shape index (κ3) is 2.47. The molecular weight excluding hydrogens is 212 g/mol. The van der Waals surface area contributed by atoms with Crippen LogP contribution in [-0.2, 0) is 4.79 Å². The van der Waals surface area contributed by atoms with Crippen molar-refractivity contribution in [1.29, 1.82) is 0 Å². The summed E-state index contributed by atoms with van der Waals surface area (Å²) >= 11 is 0. The monoisotopic (exact) mass is 224 g/mol. The third-order valence-electron chi connectivity index (χ3n) is 1.99. The summed E-state index contributed by atoms with van der Waals surface area (Å²) in [5.41, 5.74) is 0.823. The minimum Gasteiger partial charge on any atom is -0.494 e. The molecule has 1 aromatic carbocycles. The van der Waals surface area contributed by atoms with Gasteiger partial charge in [0.2, 0.25) is 5.91 Å². The van der Waals surface area contributed by atoms with Gasteiger partial charge < -0.3 is 10.1 Å². The first-order valence-electron chi connectivity index (χ1n) is 4.56. The molecule has 16 heavy (non-hydrogen) atoms. The number of carbonyl (C=O) groups is 1. The van der Waals surface area contributed by atoms with E-state index in [4.69, 9.17) is 4.74 Å². The first-order valence-corrected chi connectivity index (χ1v) is 4.56. The molecule has 0 saturated heterocycles. The van der Waals surface area contributed by atoms with E-state index in [-0.39, 0.29) is 11.6 Å². The Morgan fingerprint density at radius 2 is 2.12 bits per heavy atom. The predicted octanol–water partition coefficient (Wildman–Crippen LogP) is 1.87. The number of anilines is 1. The van der Waals surface area contributed by atoms with E-state index >= 15 is 0 Å². The van der Waals surface area contributed by atoms with E-state index in [0.29, 0.717) is 17.0 Å². The van der Waals surface area contributed by atoms with E-state index in [1.54, 1.807) is 6.92 Å². The van der Waals surface area contributed by atoms with Gasteiger partial charge in [0.15, 0.2) is 0 Å². The van der Waals surface area contributed by atoms with Crippen LogP contribution in [0.3, 0.4) is 0 Å². The van der Waals surface area contributed by atoms with E-state index in [9.17, 15) is 14.9 Å². The van der Waals surface area contributed by atoms with Crippen LogP contribution in [0.15, 0.2) is 12.1 Å². The maximum Gasteiger partial charge on any atom is 0.272 e. The van der Waals surface area contributed by atoms with Crippen molar-refractivity contribution in [2.24, 2.45) is 0 Å². The van der Waals surface area contributed by atoms with Crippen LogP contribution in [0.4, 0.5) is 11.4 Å². The average Bonchev–Trinajstić information content (AvgIpc) is 2.16. The lowest BCUT2D eigenvalue weighted by molar-refractivity contribution is -0.384. The van der Waals surface area contributed by atoms with Gasteiger partial charge in [0.25, 0.3) is 5.69 Å². The first-order chi connectivity index (χ1) is 7.45. The van der Waals surface area contributed by atoms with E-state index in [1.165, 1.54) is 26.2 Å². The predicted molar refractivity (Wildman–Crippen MR) is 58.7 cm³/mol. The molecule has 0 heterocycles. The largest absolute Gasteiger partial charge is 0.494 e. The fraction of sp³-hybridized carbons (Fsp3) is 0.300. The summed E-state index contributed by atoms with van der Waals surface area (Å²) in [7, 11) is 1.44. The maximum absolute atomic E-state index is 10.9. The highest BCUT2D eigenvalue weighted by atomic mass is 16.6. The summed E-state index contributed by atoms with van der Waals surface area (Å²) in [6, 6.07) is 2.66. The molecule has 1 rings (SSSR count). The fourth-order valence-electron chi connectivity index (χ4n) is 1.41.